The van der Waals surface area contributed by atoms with Gasteiger partial charge in [-0.3, -0.25) is 0 Å². The molecule has 0 bridgehead atoms. The average molecular weight is 471 g/mol. The van der Waals surface area contributed by atoms with Gasteiger partial charge in [-0.15, -0.1) is 11.3 Å². The first-order valence-electron chi connectivity index (χ1n) is 12.0. The van der Waals surface area contributed by atoms with E-state index in [0.29, 0.717) is 5.92 Å². The Morgan fingerprint density at radius 3 is 2.24 bits per heavy atom. The zero-order valence-corrected chi connectivity index (χ0v) is 21.8. The summed E-state index contributed by atoms with van der Waals surface area (Å²) in [6.07, 6.45) is 5.39. The Hall–Kier alpha value is -3.05. The quantitative estimate of drug-likeness (QED) is 0.261. The molecule has 2 aromatic heterocycles. The third kappa shape index (κ3) is 5.36. The molecule has 0 atom stereocenters. The third-order valence-corrected chi connectivity index (χ3v) is 7.09. The first-order chi connectivity index (χ1) is 16.2. The van der Waals surface area contributed by atoms with Crippen LogP contribution in [0.1, 0.15) is 76.2 Å². The van der Waals surface area contributed by atoms with Crippen molar-refractivity contribution in [3.05, 3.63) is 82.3 Å². The maximum Gasteiger partial charge on any atom is 0.121 e. The van der Waals surface area contributed by atoms with E-state index in [9.17, 15) is 0 Å². The van der Waals surface area contributed by atoms with Crippen LogP contribution < -0.4 is 0 Å². The SMILES string of the molecule is CC(C)c1nc(C(C)(C)C/C=C/c2cccc(-c3nn(C(C)C)nc3-c3ccccc3)c2)cs1. The molecule has 0 spiro atoms. The lowest BCUT2D eigenvalue weighted by molar-refractivity contribution is 0.468. The Morgan fingerprint density at radius 1 is 0.912 bits per heavy atom. The van der Waals surface area contributed by atoms with E-state index in [2.05, 4.69) is 95.5 Å². The molecule has 0 amide bonds. The van der Waals surface area contributed by atoms with E-state index in [-0.39, 0.29) is 11.5 Å². The van der Waals surface area contributed by atoms with E-state index in [0.717, 1.165) is 34.5 Å². The van der Waals surface area contributed by atoms with Gasteiger partial charge in [0.15, 0.2) is 0 Å². The van der Waals surface area contributed by atoms with Crippen LogP contribution in [0.15, 0.2) is 66.1 Å². The molecule has 0 radical (unpaired) electrons. The summed E-state index contributed by atoms with van der Waals surface area (Å²) in [4.78, 5) is 6.69. The lowest BCUT2D eigenvalue weighted by atomic mass is 9.86. The van der Waals surface area contributed by atoms with Crippen molar-refractivity contribution in [2.75, 3.05) is 0 Å². The third-order valence-electron chi connectivity index (χ3n) is 5.95. The molecule has 0 saturated heterocycles. The van der Waals surface area contributed by atoms with Gasteiger partial charge < -0.3 is 0 Å². The number of nitrogens with zero attached hydrogens (tertiary/aromatic N) is 4. The minimum Gasteiger partial charge on any atom is -0.245 e. The first kappa shape index (κ1) is 24.1. The first-order valence-corrected chi connectivity index (χ1v) is 12.9. The molecule has 0 N–H and O–H groups in total. The van der Waals surface area contributed by atoms with Gasteiger partial charge >= 0.3 is 0 Å². The fraction of sp³-hybridized carbons (Fsp3) is 0.345. The van der Waals surface area contributed by atoms with Gasteiger partial charge in [0, 0.05) is 27.8 Å². The second-order valence-electron chi connectivity index (χ2n) is 10.0. The fourth-order valence-corrected chi connectivity index (χ4v) is 4.81. The number of thiazole rings is 1. The molecular formula is C29H34N4S. The van der Waals surface area contributed by atoms with Crippen LogP contribution in [0.4, 0.5) is 0 Å². The second kappa shape index (κ2) is 10.1. The summed E-state index contributed by atoms with van der Waals surface area (Å²) in [5.41, 5.74) is 6.33. The maximum atomic E-state index is 4.88. The van der Waals surface area contributed by atoms with Gasteiger partial charge in [-0.05, 0) is 31.9 Å². The van der Waals surface area contributed by atoms with Crippen LogP contribution in [0.2, 0.25) is 0 Å². The fourth-order valence-electron chi connectivity index (χ4n) is 3.79. The molecule has 176 valence electrons. The van der Waals surface area contributed by atoms with E-state index in [4.69, 9.17) is 15.2 Å². The highest BCUT2D eigenvalue weighted by molar-refractivity contribution is 7.09. The van der Waals surface area contributed by atoms with E-state index < -0.39 is 0 Å². The van der Waals surface area contributed by atoms with Crippen LogP contribution in [0.25, 0.3) is 28.6 Å². The normalized spacial score (nSPS) is 12.4. The Morgan fingerprint density at radius 2 is 1.59 bits per heavy atom. The summed E-state index contributed by atoms with van der Waals surface area (Å²) in [7, 11) is 0. The highest BCUT2D eigenvalue weighted by atomic mass is 32.1. The van der Waals surface area contributed by atoms with Gasteiger partial charge in [-0.25, -0.2) is 4.98 Å². The molecule has 5 heteroatoms. The van der Waals surface area contributed by atoms with Crippen molar-refractivity contribution in [1.29, 1.82) is 0 Å². The van der Waals surface area contributed by atoms with Crippen LogP contribution in [0.5, 0.6) is 0 Å². The molecule has 0 fully saturated rings. The summed E-state index contributed by atoms with van der Waals surface area (Å²) >= 11 is 1.77. The standard InChI is InChI=1S/C29H34N4S/c1-20(2)28-30-25(19-34-28)29(5,6)17-11-13-22-12-10-16-24(18-22)27-26(23-14-8-7-9-15-23)31-33(32-27)21(3)4/h7-16,18-21H,17H2,1-6H3/b13-11+. The van der Waals surface area contributed by atoms with Crippen molar-refractivity contribution >= 4 is 17.4 Å². The van der Waals surface area contributed by atoms with Gasteiger partial charge in [-0.2, -0.15) is 15.0 Å². The minimum absolute atomic E-state index is 0.00180. The summed E-state index contributed by atoms with van der Waals surface area (Å²) in [5, 5.41) is 13.1. The molecule has 2 heterocycles. The number of rotatable bonds is 8. The van der Waals surface area contributed by atoms with Gasteiger partial charge in [0.05, 0.1) is 16.7 Å². The minimum atomic E-state index is -0.00180. The topological polar surface area (TPSA) is 43.6 Å². The van der Waals surface area contributed by atoms with Crippen LogP contribution in [0.3, 0.4) is 0 Å². The maximum absolute atomic E-state index is 4.88. The summed E-state index contributed by atoms with van der Waals surface area (Å²) in [6.45, 7) is 13.1. The lowest BCUT2D eigenvalue weighted by Gasteiger charge is -2.20. The molecule has 34 heavy (non-hydrogen) atoms. The van der Waals surface area contributed by atoms with Crippen LogP contribution in [-0.4, -0.2) is 20.0 Å². The van der Waals surface area contributed by atoms with Crippen molar-refractivity contribution in [2.45, 2.75) is 65.3 Å². The molecule has 0 aliphatic rings. The number of benzene rings is 2. The monoisotopic (exact) mass is 470 g/mol. The molecule has 4 rings (SSSR count). The van der Waals surface area contributed by atoms with Crippen molar-refractivity contribution in [3.63, 3.8) is 0 Å². The Bertz CT molecular complexity index is 1260. The van der Waals surface area contributed by atoms with Gasteiger partial charge in [0.1, 0.15) is 11.4 Å². The van der Waals surface area contributed by atoms with E-state index in [1.54, 1.807) is 11.3 Å². The van der Waals surface area contributed by atoms with Gasteiger partial charge in [0.25, 0.3) is 0 Å². The largest absolute Gasteiger partial charge is 0.245 e. The predicted molar refractivity (Wildman–Crippen MR) is 144 cm³/mol. The smallest absolute Gasteiger partial charge is 0.121 e. The number of hydrogen-bond donors (Lipinski definition) is 0. The van der Waals surface area contributed by atoms with Crippen molar-refractivity contribution in [3.8, 4) is 22.5 Å². The van der Waals surface area contributed by atoms with Crippen LogP contribution in [0, 0.1) is 0 Å². The lowest BCUT2D eigenvalue weighted by Crippen LogP contribution is -2.16. The molecular weight excluding hydrogens is 436 g/mol. The van der Waals surface area contributed by atoms with E-state index in [1.165, 1.54) is 10.7 Å². The summed E-state index contributed by atoms with van der Waals surface area (Å²) in [5.74, 6) is 0.474. The average Bonchev–Trinajstić information content (AvgIpc) is 3.49. The van der Waals surface area contributed by atoms with Crippen LogP contribution in [-0.2, 0) is 5.41 Å². The zero-order chi connectivity index (χ0) is 24.3. The molecule has 0 aliphatic heterocycles. The van der Waals surface area contributed by atoms with Crippen molar-refractivity contribution < 1.29 is 0 Å². The summed E-state index contributed by atoms with van der Waals surface area (Å²) < 4.78 is 0. The number of allylic oxidation sites excluding steroid dienone is 1. The van der Waals surface area contributed by atoms with Gasteiger partial charge in [-0.1, -0.05) is 88.4 Å². The zero-order valence-electron chi connectivity index (χ0n) is 21.0. The molecule has 4 nitrogen and oxygen atoms in total. The molecule has 4 aromatic rings. The Labute approximate surface area is 207 Å². The predicted octanol–water partition coefficient (Wildman–Crippen LogP) is 8.15. The highest BCUT2D eigenvalue weighted by Crippen LogP contribution is 2.32. The Kier molecular flexibility index (Phi) is 7.13. The van der Waals surface area contributed by atoms with Crippen LogP contribution >= 0.6 is 11.3 Å². The molecule has 0 unspecified atom stereocenters. The van der Waals surface area contributed by atoms with E-state index >= 15 is 0 Å². The highest BCUT2D eigenvalue weighted by Gasteiger charge is 2.23. The molecule has 0 saturated carbocycles. The Balaban J connectivity index is 1.58. The van der Waals surface area contributed by atoms with Crippen molar-refractivity contribution in [1.82, 2.24) is 20.0 Å². The van der Waals surface area contributed by atoms with Gasteiger partial charge in [0.2, 0.25) is 0 Å². The summed E-state index contributed by atoms with van der Waals surface area (Å²) in [6, 6.07) is 19.0. The molecule has 0 aliphatic carbocycles. The molecule has 2 aromatic carbocycles. The number of aromatic nitrogens is 4. The van der Waals surface area contributed by atoms with Crippen molar-refractivity contribution in [2.24, 2.45) is 0 Å². The number of hydrogen-bond acceptors (Lipinski definition) is 4. The second-order valence-corrected chi connectivity index (χ2v) is 10.9. The van der Waals surface area contributed by atoms with E-state index in [1.807, 2.05) is 23.0 Å².